The van der Waals surface area contributed by atoms with Crippen LogP contribution in [0.2, 0.25) is 0 Å². The highest BCUT2D eigenvalue weighted by molar-refractivity contribution is 6.22. The number of allylic oxidation sites excluding steroid dienone is 1. The standard InChI is InChI=1S/C26H20F3N3O2/c1-14-24(17-5-2-6-20(27)19(17)13-32(14)16-4-3-9-30-12-16)26(34)31-25(18-11-23(18)33)15-7-8-21(28)22(29)10-15/h2-10,12,18,25H,11,13H2,1H3,(H,31,34)/t18?,25-/m1/s1. The molecule has 1 aliphatic carbocycles. The summed E-state index contributed by atoms with van der Waals surface area (Å²) in [6.45, 7) is 1.97. The van der Waals surface area contributed by atoms with E-state index in [4.69, 9.17) is 0 Å². The van der Waals surface area contributed by atoms with Crippen LogP contribution in [0.25, 0.3) is 5.57 Å². The highest BCUT2D eigenvalue weighted by atomic mass is 19.2. The SMILES string of the molecule is CC1=C(C(=O)N[C@H](c2ccc(F)c(F)c2)C2CC2=O)c2cccc(F)c2CN1c1cccnc1. The van der Waals surface area contributed by atoms with E-state index in [9.17, 15) is 22.8 Å². The molecule has 2 aromatic carbocycles. The minimum atomic E-state index is -1.06. The van der Waals surface area contributed by atoms with Gasteiger partial charge in [-0.2, -0.15) is 0 Å². The van der Waals surface area contributed by atoms with Gasteiger partial charge in [-0.25, -0.2) is 13.2 Å². The van der Waals surface area contributed by atoms with Crippen LogP contribution in [0.1, 0.15) is 36.1 Å². The van der Waals surface area contributed by atoms with Crippen molar-refractivity contribution in [1.82, 2.24) is 10.3 Å². The fourth-order valence-electron chi connectivity index (χ4n) is 4.44. The second-order valence-electron chi connectivity index (χ2n) is 8.43. The Balaban J connectivity index is 1.57. The first kappa shape index (κ1) is 21.9. The number of hydrogen-bond acceptors (Lipinski definition) is 4. The Morgan fingerprint density at radius 1 is 1.09 bits per heavy atom. The third-order valence-corrected chi connectivity index (χ3v) is 6.32. The third-order valence-electron chi connectivity index (χ3n) is 6.32. The van der Waals surface area contributed by atoms with Crippen LogP contribution in [0, 0.1) is 23.4 Å². The molecule has 8 heteroatoms. The number of ketones is 1. The van der Waals surface area contributed by atoms with E-state index in [-0.39, 0.29) is 24.3 Å². The molecular formula is C26H20F3N3O2. The molecule has 0 radical (unpaired) electrons. The van der Waals surface area contributed by atoms with E-state index in [0.717, 1.165) is 12.1 Å². The van der Waals surface area contributed by atoms with E-state index in [2.05, 4.69) is 10.3 Å². The van der Waals surface area contributed by atoms with Gasteiger partial charge in [-0.15, -0.1) is 0 Å². The van der Waals surface area contributed by atoms with Crippen molar-refractivity contribution in [3.8, 4) is 0 Å². The van der Waals surface area contributed by atoms with Gasteiger partial charge in [-0.1, -0.05) is 18.2 Å². The van der Waals surface area contributed by atoms with Crippen molar-refractivity contribution in [2.45, 2.75) is 25.9 Å². The Morgan fingerprint density at radius 2 is 1.88 bits per heavy atom. The predicted molar refractivity (Wildman–Crippen MR) is 120 cm³/mol. The fraction of sp³-hybridized carbons (Fsp3) is 0.192. The van der Waals surface area contributed by atoms with Gasteiger partial charge in [0.15, 0.2) is 11.6 Å². The summed E-state index contributed by atoms with van der Waals surface area (Å²) in [5.41, 5.74) is 2.60. The maximum atomic E-state index is 14.8. The monoisotopic (exact) mass is 463 g/mol. The molecule has 0 bridgehead atoms. The largest absolute Gasteiger partial charge is 0.344 e. The molecule has 1 fully saturated rings. The molecule has 0 saturated heterocycles. The van der Waals surface area contributed by atoms with Gasteiger partial charge in [0.1, 0.15) is 11.6 Å². The van der Waals surface area contributed by atoms with Gasteiger partial charge in [0.2, 0.25) is 0 Å². The quantitative estimate of drug-likeness (QED) is 0.596. The lowest BCUT2D eigenvalue weighted by atomic mass is 9.91. The number of nitrogens with zero attached hydrogens (tertiary/aromatic N) is 2. The summed E-state index contributed by atoms with van der Waals surface area (Å²) in [6.07, 6.45) is 3.47. The molecule has 2 atom stereocenters. The van der Waals surface area contributed by atoms with Gasteiger partial charge in [0.05, 0.1) is 30.0 Å². The van der Waals surface area contributed by atoms with Crippen LogP contribution in [-0.4, -0.2) is 16.7 Å². The lowest BCUT2D eigenvalue weighted by Gasteiger charge is -2.33. The Bertz CT molecular complexity index is 1340. The molecule has 1 unspecified atom stereocenters. The normalized spacial score (nSPS) is 17.9. The number of pyridine rings is 1. The average molecular weight is 463 g/mol. The molecule has 2 heterocycles. The van der Waals surface area contributed by atoms with Crippen molar-refractivity contribution in [2.75, 3.05) is 4.90 Å². The van der Waals surface area contributed by atoms with E-state index >= 15 is 0 Å². The number of amides is 1. The van der Waals surface area contributed by atoms with Crippen molar-refractivity contribution in [2.24, 2.45) is 5.92 Å². The number of halogens is 3. The van der Waals surface area contributed by atoms with Gasteiger partial charge >= 0.3 is 0 Å². The van der Waals surface area contributed by atoms with Crippen LogP contribution in [0.5, 0.6) is 0 Å². The van der Waals surface area contributed by atoms with Crippen LogP contribution in [0.15, 0.2) is 66.6 Å². The number of aromatic nitrogens is 1. The molecule has 1 saturated carbocycles. The molecule has 172 valence electrons. The van der Waals surface area contributed by atoms with Gasteiger partial charge < -0.3 is 10.2 Å². The molecule has 1 amide bonds. The molecule has 1 aliphatic heterocycles. The highest BCUT2D eigenvalue weighted by Crippen LogP contribution is 2.40. The number of anilines is 1. The number of carbonyl (C=O) groups is 2. The molecule has 5 rings (SSSR count). The van der Waals surface area contributed by atoms with E-state index in [1.165, 1.54) is 18.2 Å². The molecule has 5 nitrogen and oxygen atoms in total. The molecule has 1 aromatic heterocycles. The van der Waals surface area contributed by atoms with Crippen LogP contribution in [-0.2, 0) is 16.1 Å². The summed E-state index contributed by atoms with van der Waals surface area (Å²) in [7, 11) is 0. The Hall–Kier alpha value is -3.94. The zero-order valence-electron chi connectivity index (χ0n) is 18.2. The Kier molecular flexibility index (Phi) is 5.43. The summed E-state index contributed by atoms with van der Waals surface area (Å²) in [5.74, 6) is -3.66. The number of carbonyl (C=O) groups excluding carboxylic acids is 2. The van der Waals surface area contributed by atoms with Gasteiger partial charge in [-0.05, 0) is 48.4 Å². The predicted octanol–water partition coefficient (Wildman–Crippen LogP) is 4.70. The molecule has 3 aromatic rings. The van der Waals surface area contributed by atoms with Crippen molar-refractivity contribution in [1.29, 1.82) is 0 Å². The van der Waals surface area contributed by atoms with Crippen molar-refractivity contribution in [3.63, 3.8) is 0 Å². The number of Topliss-reactive ketones (excluding diaryl/α,β-unsaturated/α-hetero) is 1. The number of hydrogen-bond donors (Lipinski definition) is 1. The maximum absolute atomic E-state index is 14.8. The van der Waals surface area contributed by atoms with E-state index in [1.807, 2.05) is 6.07 Å². The Morgan fingerprint density at radius 3 is 2.56 bits per heavy atom. The molecule has 1 N–H and O–H groups in total. The summed E-state index contributed by atoms with van der Waals surface area (Å²) in [5, 5.41) is 2.83. The first-order chi connectivity index (χ1) is 16.3. The average Bonchev–Trinajstić information content (AvgIpc) is 3.55. The summed E-state index contributed by atoms with van der Waals surface area (Å²) in [4.78, 5) is 31.5. The highest BCUT2D eigenvalue weighted by Gasteiger charge is 2.44. The van der Waals surface area contributed by atoms with Gasteiger partial charge in [0, 0.05) is 29.8 Å². The minimum absolute atomic E-state index is 0.0761. The summed E-state index contributed by atoms with van der Waals surface area (Å²) >= 11 is 0. The summed E-state index contributed by atoms with van der Waals surface area (Å²) in [6, 6.07) is 10.6. The van der Waals surface area contributed by atoms with E-state index in [0.29, 0.717) is 28.1 Å². The topological polar surface area (TPSA) is 62.3 Å². The van der Waals surface area contributed by atoms with E-state index in [1.54, 1.807) is 36.4 Å². The molecular weight excluding hydrogens is 443 g/mol. The molecule has 2 aliphatic rings. The number of nitrogens with one attached hydrogen (secondary N) is 1. The zero-order valence-corrected chi connectivity index (χ0v) is 18.2. The van der Waals surface area contributed by atoms with Crippen molar-refractivity contribution >= 4 is 23.0 Å². The molecule has 0 spiro atoms. The zero-order chi connectivity index (χ0) is 24.0. The number of fused-ring (bicyclic) bond motifs is 1. The lowest BCUT2D eigenvalue weighted by molar-refractivity contribution is -0.116. The van der Waals surface area contributed by atoms with Gasteiger partial charge in [-0.3, -0.25) is 14.6 Å². The first-order valence-corrected chi connectivity index (χ1v) is 10.8. The lowest BCUT2D eigenvalue weighted by Crippen LogP contribution is -2.36. The molecule has 34 heavy (non-hydrogen) atoms. The maximum Gasteiger partial charge on any atom is 0.254 e. The first-order valence-electron chi connectivity index (χ1n) is 10.8. The van der Waals surface area contributed by atoms with Crippen LogP contribution < -0.4 is 10.2 Å². The summed E-state index contributed by atoms with van der Waals surface area (Å²) < 4.78 is 42.2. The Labute approximate surface area is 193 Å². The van der Waals surface area contributed by atoms with Crippen LogP contribution >= 0.6 is 0 Å². The van der Waals surface area contributed by atoms with Crippen molar-refractivity contribution in [3.05, 3.63) is 101 Å². The minimum Gasteiger partial charge on any atom is -0.344 e. The third kappa shape index (κ3) is 3.85. The smallest absolute Gasteiger partial charge is 0.254 e. The fourth-order valence-corrected chi connectivity index (χ4v) is 4.44. The van der Waals surface area contributed by atoms with E-state index < -0.39 is 35.3 Å². The van der Waals surface area contributed by atoms with Crippen LogP contribution in [0.3, 0.4) is 0 Å². The van der Waals surface area contributed by atoms with Crippen LogP contribution in [0.4, 0.5) is 18.9 Å². The second kappa shape index (κ2) is 8.44. The van der Waals surface area contributed by atoms with Gasteiger partial charge in [0.25, 0.3) is 5.91 Å². The second-order valence-corrected chi connectivity index (χ2v) is 8.43. The van der Waals surface area contributed by atoms with Crippen molar-refractivity contribution < 1.29 is 22.8 Å². The number of benzene rings is 2. The number of rotatable bonds is 5.